The van der Waals surface area contributed by atoms with E-state index < -0.39 is 20.9 Å². The van der Waals surface area contributed by atoms with Gasteiger partial charge in [-0.1, -0.05) is 23.2 Å². The van der Waals surface area contributed by atoms with Gasteiger partial charge in [-0.2, -0.15) is 5.10 Å². The lowest BCUT2D eigenvalue weighted by Crippen LogP contribution is -2.14. The number of amides is 1. The summed E-state index contributed by atoms with van der Waals surface area (Å²) in [6.07, 6.45) is 2.36. The second-order valence-electron chi connectivity index (χ2n) is 7.13. The van der Waals surface area contributed by atoms with Gasteiger partial charge in [0.25, 0.3) is 15.9 Å². The van der Waals surface area contributed by atoms with E-state index >= 15 is 0 Å². The van der Waals surface area contributed by atoms with Gasteiger partial charge in [-0.15, -0.1) is 0 Å². The Labute approximate surface area is 208 Å². The lowest BCUT2D eigenvalue weighted by molar-refractivity contribution is -0.385. The summed E-state index contributed by atoms with van der Waals surface area (Å²) >= 11 is 11.8. The number of sulfonamides is 1. The van der Waals surface area contributed by atoms with E-state index in [0.29, 0.717) is 16.5 Å². The van der Waals surface area contributed by atoms with Crippen LogP contribution < -0.4 is 10.0 Å². The van der Waals surface area contributed by atoms with Crippen molar-refractivity contribution in [2.75, 3.05) is 10.0 Å². The van der Waals surface area contributed by atoms with Gasteiger partial charge in [0.2, 0.25) is 0 Å². The van der Waals surface area contributed by atoms with E-state index in [1.165, 1.54) is 59.4 Å². The molecule has 14 heteroatoms. The molecule has 2 N–H and O–H groups in total. The molecule has 0 spiro atoms. The highest BCUT2D eigenvalue weighted by Gasteiger charge is 2.17. The molecule has 2 heterocycles. The van der Waals surface area contributed by atoms with Gasteiger partial charge < -0.3 is 9.73 Å². The Hall–Kier alpha value is -3.87. The number of hydrogen-bond donors (Lipinski definition) is 2. The van der Waals surface area contributed by atoms with Crippen molar-refractivity contribution in [2.45, 2.75) is 11.4 Å². The summed E-state index contributed by atoms with van der Waals surface area (Å²) in [5.74, 6) is -0.199. The number of carbonyl (C=O) groups excluding carboxylic acids is 1. The number of halogens is 2. The third kappa shape index (κ3) is 5.80. The van der Waals surface area contributed by atoms with Crippen LogP contribution in [0.15, 0.2) is 76.3 Å². The predicted molar refractivity (Wildman–Crippen MR) is 128 cm³/mol. The number of anilines is 2. The molecule has 0 aliphatic rings. The highest BCUT2D eigenvalue weighted by molar-refractivity contribution is 7.92. The lowest BCUT2D eigenvalue weighted by atomic mass is 10.3. The quantitative estimate of drug-likeness (QED) is 0.243. The maximum atomic E-state index is 12.6. The van der Waals surface area contributed by atoms with Gasteiger partial charge in [-0.05, 0) is 54.6 Å². The van der Waals surface area contributed by atoms with E-state index in [0.717, 1.165) is 6.20 Å². The number of nitrogens with one attached hydrogen (secondary N) is 2. The van der Waals surface area contributed by atoms with Crippen LogP contribution in [0.2, 0.25) is 10.0 Å². The fraction of sp³-hybridized carbons (Fsp3) is 0.0476. The van der Waals surface area contributed by atoms with Crippen LogP contribution in [0.3, 0.4) is 0 Å². The van der Waals surface area contributed by atoms with Crippen molar-refractivity contribution in [2.24, 2.45) is 0 Å². The Morgan fingerprint density at radius 1 is 1.06 bits per heavy atom. The summed E-state index contributed by atoms with van der Waals surface area (Å²) in [6.45, 7) is 0.0967. The van der Waals surface area contributed by atoms with E-state index in [1.54, 1.807) is 6.07 Å². The number of carbonyl (C=O) groups is 1. The molecule has 0 saturated heterocycles. The van der Waals surface area contributed by atoms with Crippen LogP contribution in [0.5, 0.6) is 0 Å². The van der Waals surface area contributed by atoms with Crippen LogP contribution in [-0.4, -0.2) is 29.0 Å². The smallest absolute Gasteiger partial charge is 0.307 e. The molecule has 180 valence electrons. The topological polar surface area (TPSA) is 149 Å². The average Bonchev–Trinajstić information content (AvgIpc) is 3.47. The predicted octanol–water partition coefficient (Wildman–Crippen LogP) is 4.79. The largest absolute Gasteiger partial charge is 0.454 e. The molecule has 0 radical (unpaired) electrons. The average molecular weight is 536 g/mol. The van der Waals surface area contributed by atoms with Crippen molar-refractivity contribution >= 4 is 56.2 Å². The van der Waals surface area contributed by atoms with Crippen LogP contribution >= 0.6 is 23.2 Å². The zero-order chi connectivity index (χ0) is 25.2. The lowest BCUT2D eigenvalue weighted by Gasteiger charge is -2.10. The molecule has 0 fully saturated rings. The molecule has 0 aliphatic heterocycles. The second kappa shape index (κ2) is 9.78. The Bertz CT molecular complexity index is 1520. The Balaban J connectivity index is 1.39. The van der Waals surface area contributed by atoms with Gasteiger partial charge in [-0.25, -0.2) is 8.42 Å². The third-order valence-electron chi connectivity index (χ3n) is 4.63. The summed E-state index contributed by atoms with van der Waals surface area (Å²) in [5, 5.41) is 17.7. The molecular formula is C21H15Cl2N5O6S. The first-order valence-corrected chi connectivity index (χ1v) is 12.0. The molecule has 0 unspecified atom stereocenters. The molecule has 0 aliphatic carbocycles. The SMILES string of the molecule is O=C(Nc1ccc(S(=O)(=O)Nc2ccc(Cl)c(Cl)c2)cc1)c1ccc(Cn2cc([N+](=O)[O-])cn2)o1. The summed E-state index contributed by atoms with van der Waals surface area (Å²) in [7, 11) is -3.90. The van der Waals surface area contributed by atoms with Crippen molar-refractivity contribution in [3.05, 3.63) is 98.7 Å². The molecule has 4 rings (SSSR count). The van der Waals surface area contributed by atoms with E-state index in [4.69, 9.17) is 27.6 Å². The molecule has 0 bridgehead atoms. The summed E-state index contributed by atoms with van der Waals surface area (Å²) in [4.78, 5) is 22.6. The molecule has 0 saturated carbocycles. The minimum Gasteiger partial charge on any atom is -0.454 e. The fourth-order valence-corrected chi connectivity index (χ4v) is 4.31. The van der Waals surface area contributed by atoms with Crippen molar-refractivity contribution in [1.82, 2.24) is 9.78 Å². The van der Waals surface area contributed by atoms with Crippen LogP contribution in [-0.2, 0) is 16.6 Å². The fourth-order valence-electron chi connectivity index (χ4n) is 2.96. The van der Waals surface area contributed by atoms with Crippen molar-refractivity contribution in [3.8, 4) is 0 Å². The van der Waals surface area contributed by atoms with E-state index in [1.807, 2.05) is 0 Å². The first-order valence-electron chi connectivity index (χ1n) is 9.75. The molecule has 35 heavy (non-hydrogen) atoms. The van der Waals surface area contributed by atoms with Gasteiger partial charge in [0, 0.05) is 5.69 Å². The summed E-state index contributed by atoms with van der Waals surface area (Å²) in [6, 6.07) is 12.8. The standard InChI is InChI=1S/C21H15Cl2N5O6S/c22-18-7-3-14(9-19(18)23)26-35(32,33)17-5-1-13(2-6-17)25-21(29)20-8-4-16(34-20)12-27-11-15(10-24-27)28(30)31/h1-11,26H,12H2,(H,25,29). The number of benzene rings is 2. The molecule has 2 aromatic heterocycles. The van der Waals surface area contributed by atoms with Gasteiger partial charge >= 0.3 is 5.69 Å². The van der Waals surface area contributed by atoms with Crippen LogP contribution in [0.25, 0.3) is 0 Å². The van der Waals surface area contributed by atoms with Crippen molar-refractivity contribution in [1.29, 1.82) is 0 Å². The number of hydrogen-bond acceptors (Lipinski definition) is 7. The van der Waals surface area contributed by atoms with E-state index in [9.17, 15) is 23.3 Å². The van der Waals surface area contributed by atoms with Crippen molar-refractivity contribution < 1.29 is 22.6 Å². The number of rotatable bonds is 8. The highest BCUT2D eigenvalue weighted by Crippen LogP contribution is 2.27. The monoisotopic (exact) mass is 535 g/mol. The maximum Gasteiger partial charge on any atom is 0.307 e. The summed E-state index contributed by atoms with van der Waals surface area (Å²) < 4.78 is 34.4. The van der Waals surface area contributed by atoms with Gasteiger partial charge in [0.15, 0.2) is 5.76 Å². The first kappa shape index (κ1) is 24.3. The molecule has 0 atom stereocenters. The van der Waals surface area contributed by atoms with Gasteiger partial charge in [0.05, 0.1) is 32.1 Å². The van der Waals surface area contributed by atoms with E-state index in [2.05, 4.69) is 15.1 Å². The normalized spacial score (nSPS) is 11.3. The van der Waals surface area contributed by atoms with Crippen molar-refractivity contribution in [3.63, 3.8) is 0 Å². The number of nitrogens with zero attached hydrogens (tertiary/aromatic N) is 3. The first-order chi connectivity index (χ1) is 16.6. The Kier molecular flexibility index (Phi) is 6.78. The molecular weight excluding hydrogens is 521 g/mol. The number of aromatic nitrogens is 2. The highest BCUT2D eigenvalue weighted by atomic mass is 35.5. The van der Waals surface area contributed by atoms with Crippen LogP contribution in [0, 0.1) is 10.1 Å². The number of furan rings is 1. The minimum absolute atomic E-state index is 0.000336. The second-order valence-corrected chi connectivity index (χ2v) is 9.63. The maximum absolute atomic E-state index is 12.6. The van der Waals surface area contributed by atoms with Gasteiger partial charge in [0.1, 0.15) is 18.2 Å². The van der Waals surface area contributed by atoms with Crippen LogP contribution in [0.4, 0.5) is 17.1 Å². The van der Waals surface area contributed by atoms with Gasteiger partial charge in [-0.3, -0.25) is 24.3 Å². The molecule has 4 aromatic rings. The minimum atomic E-state index is -3.90. The molecule has 1 amide bonds. The zero-order valence-electron chi connectivity index (χ0n) is 17.5. The summed E-state index contributed by atoms with van der Waals surface area (Å²) in [5.41, 5.74) is 0.423. The Morgan fingerprint density at radius 3 is 2.43 bits per heavy atom. The third-order valence-corrected chi connectivity index (χ3v) is 6.76. The zero-order valence-corrected chi connectivity index (χ0v) is 19.8. The van der Waals surface area contributed by atoms with Crippen LogP contribution in [0.1, 0.15) is 16.3 Å². The molecule has 11 nitrogen and oxygen atoms in total. The Morgan fingerprint density at radius 2 is 1.77 bits per heavy atom. The number of nitro groups is 1. The molecule has 2 aromatic carbocycles. The van der Waals surface area contributed by atoms with E-state index in [-0.39, 0.29) is 33.6 Å².